The second kappa shape index (κ2) is 8.83. The number of piperidine rings is 1. The number of hydrogen-bond acceptors (Lipinski definition) is 5. The lowest BCUT2D eigenvalue weighted by Crippen LogP contribution is -2.45. The van der Waals surface area contributed by atoms with Crippen molar-refractivity contribution in [2.24, 2.45) is 4.99 Å². The number of nitrogens with zero attached hydrogens (tertiary/aromatic N) is 3. The minimum absolute atomic E-state index is 0.195. The molecule has 3 aromatic rings. The lowest BCUT2D eigenvalue weighted by molar-refractivity contribution is 0.0745. The van der Waals surface area contributed by atoms with Gasteiger partial charge in [0.05, 0.1) is 10.6 Å². The van der Waals surface area contributed by atoms with Crippen LogP contribution in [0.1, 0.15) is 40.9 Å². The second-order valence-electron chi connectivity index (χ2n) is 7.57. The number of pyridine rings is 1. The van der Waals surface area contributed by atoms with Gasteiger partial charge in [-0.3, -0.25) is 10.2 Å². The molecular formula is C24H21ClN4OS. The highest BCUT2D eigenvalue weighted by Crippen LogP contribution is 2.40. The summed E-state index contributed by atoms with van der Waals surface area (Å²) in [7, 11) is 0. The Kier molecular flexibility index (Phi) is 5.76. The van der Waals surface area contributed by atoms with Crippen molar-refractivity contribution in [2.45, 2.75) is 29.1 Å². The molecular weight excluding hydrogens is 428 g/mol. The topological polar surface area (TPSA) is 57.6 Å². The monoisotopic (exact) mass is 448 g/mol. The average molecular weight is 449 g/mol. The van der Waals surface area contributed by atoms with Crippen LogP contribution in [0.2, 0.25) is 5.02 Å². The van der Waals surface area contributed by atoms with Crippen molar-refractivity contribution < 1.29 is 4.79 Å². The Morgan fingerprint density at radius 3 is 2.52 bits per heavy atom. The van der Waals surface area contributed by atoms with Gasteiger partial charge in [-0.15, -0.1) is 0 Å². The van der Waals surface area contributed by atoms with Crippen LogP contribution in [-0.4, -0.2) is 34.7 Å². The van der Waals surface area contributed by atoms with Gasteiger partial charge >= 0.3 is 0 Å². The lowest BCUT2D eigenvalue weighted by Gasteiger charge is -2.26. The number of carbonyl (C=O) groups excluding carboxylic acids is 1. The number of rotatable bonds is 3. The van der Waals surface area contributed by atoms with E-state index in [9.17, 15) is 4.79 Å². The third-order valence-corrected chi connectivity index (χ3v) is 6.75. The third-order valence-electron chi connectivity index (χ3n) is 5.39. The van der Waals surface area contributed by atoms with Crippen LogP contribution in [-0.2, 0) is 0 Å². The fourth-order valence-electron chi connectivity index (χ4n) is 3.79. The maximum Gasteiger partial charge on any atom is 0.284 e. The molecule has 5 nitrogen and oxygen atoms in total. The highest BCUT2D eigenvalue weighted by atomic mass is 35.5. The molecule has 0 spiro atoms. The predicted octanol–water partition coefficient (Wildman–Crippen LogP) is 5.50. The molecule has 1 fully saturated rings. The molecule has 31 heavy (non-hydrogen) atoms. The van der Waals surface area contributed by atoms with Crippen LogP contribution in [0.4, 0.5) is 5.82 Å². The van der Waals surface area contributed by atoms with Gasteiger partial charge in [0.2, 0.25) is 0 Å². The summed E-state index contributed by atoms with van der Waals surface area (Å²) in [6, 6.07) is 19.5. The van der Waals surface area contributed by atoms with E-state index in [0.717, 1.165) is 52.6 Å². The quantitative estimate of drug-likeness (QED) is 0.449. The van der Waals surface area contributed by atoms with E-state index in [0.29, 0.717) is 16.5 Å². The van der Waals surface area contributed by atoms with Crippen molar-refractivity contribution in [1.29, 1.82) is 0 Å². The van der Waals surface area contributed by atoms with Gasteiger partial charge in [0, 0.05) is 34.1 Å². The molecule has 0 bridgehead atoms. The number of aliphatic imine (C=N–C) groups is 1. The third kappa shape index (κ3) is 4.37. The Morgan fingerprint density at radius 2 is 1.71 bits per heavy atom. The van der Waals surface area contributed by atoms with Gasteiger partial charge in [-0.05, 0) is 43.2 Å². The number of aromatic nitrogens is 1. The van der Waals surface area contributed by atoms with Crippen molar-refractivity contribution in [3.05, 3.63) is 82.5 Å². The summed E-state index contributed by atoms with van der Waals surface area (Å²) >= 11 is 7.71. The number of hydrazine groups is 1. The molecule has 1 saturated heterocycles. The first kappa shape index (κ1) is 20.2. The zero-order chi connectivity index (χ0) is 21.2. The number of hydrogen-bond donors (Lipinski definition) is 1. The van der Waals surface area contributed by atoms with E-state index in [1.807, 2.05) is 47.5 Å². The zero-order valence-corrected chi connectivity index (χ0v) is 18.4. The first-order valence-electron chi connectivity index (χ1n) is 10.4. The van der Waals surface area contributed by atoms with Crippen molar-refractivity contribution >= 4 is 40.8 Å². The summed E-state index contributed by atoms with van der Waals surface area (Å²) in [6.07, 6.45) is 3.41. The van der Waals surface area contributed by atoms with Crippen LogP contribution in [0.15, 0.2) is 75.4 Å². The molecule has 156 valence electrons. The average Bonchev–Trinajstić information content (AvgIpc) is 2.96. The number of halogens is 1. The summed E-state index contributed by atoms with van der Waals surface area (Å²) in [5.41, 5.74) is 6.16. The second-order valence-corrected chi connectivity index (χ2v) is 9.09. The van der Waals surface area contributed by atoms with Crippen molar-refractivity contribution in [3.8, 4) is 0 Å². The Hall–Kier alpha value is -2.67. The summed E-state index contributed by atoms with van der Waals surface area (Å²) in [6.45, 7) is 1.75. The molecule has 1 amide bonds. The molecule has 3 heterocycles. The Balaban J connectivity index is 1.54. The van der Waals surface area contributed by atoms with Crippen LogP contribution in [0.5, 0.6) is 0 Å². The summed E-state index contributed by atoms with van der Waals surface area (Å²) < 4.78 is 0. The van der Waals surface area contributed by atoms with Crippen LogP contribution >= 0.6 is 23.4 Å². The highest BCUT2D eigenvalue weighted by Gasteiger charge is 2.22. The Morgan fingerprint density at radius 1 is 0.935 bits per heavy atom. The Labute approximate surface area is 190 Å². The largest absolute Gasteiger partial charge is 0.284 e. The number of amides is 1. The fourth-order valence-corrected chi connectivity index (χ4v) is 4.89. The molecule has 0 saturated carbocycles. The molecule has 2 aromatic carbocycles. The number of nitrogens with one attached hydrogen (secondary N) is 1. The smallest absolute Gasteiger partial charge is 0.283 e. The van der Waals surface area contributed by atoms with Crippen molar-refractivity contribution in [3.63, 3.8) is 0 Å². The SMILES string of the molecule is O=C(NN1CCCCC1)c1ccc2c(n1)N=C(c1ccc(Cl)cc1)c1ccccc1S2. The van der Waals surface area contributed by atoms with E-state index in [4.69, 9.17) is 16.6 Å². The maximum absolute atomic E-state index is 12.8. The van der Waals surface area contributed by atoms with Gasteiger partial charge in [-0.1, -0.05) is 60.1 Å². The molecule has 0 unspecified atom stereocenters. The van der Waals surface area contributed by atoms with Crippen molar-refractivity contribution in [1.82, 2.24) is 15.4 Å². The normalized spacial score (nSPS) is 16.0. The van der Waals surface area contributed by atoms with Gasteiger partial charge < -0.3 is 0 Å². The van der Waals surface area contributed by atoms with E-state index in [2.05, 4.69) is 22.5 Å². The van der Waals surface area contributed by atoms with Gasteiger partial charge in [-0.2, -0.15) is 0 Å². The van der Waals surface area contributed by atoms with E-state index >= 15 is 0 Å². The first-order valence-corrected chi connectivity index (χ1v) is 11.6. The van der Waals surface area contributed by atoms with E-state index in [1.165, 1.54) is 6.42 Å². The molecule has 0 atom stereocenters. The molecule has 0 radical (unpaired) electrons. The van der Waals surface area contributed by atoms with E-state index in [-0.39, 0.29) is 5.91 Å². The lowest BCUT2D eigenvalue weighted by atomic mass is 10.0. The minimum atomic E-state index is -0.195. The first-order chi connectivity index (χ1) is 15.2. The van der Waals surface area contributed by atoms with Crippen LogP contribution in [0.25, 0.3) is 0 Å². The molecule has 1 aromatic heterocycles. The van der Waals surface area contributed by atoms with E-state index < -0.39 is 0 Å². The summed E-state index contributed by atoms with van der Waals surface area (Å²) in [5.74, 6) is 0.358. The van der Waals surface area contributed by atoms with Gasteiger partial charge in [0.1, 0.15) is 5.69 Å². The summed E-state index contributed by atoms with van der Waals surface area (Å²) in [4.78, 5) is 24.4. The van der Waals surface area contributed by atoms with Crippen LogP contribution in [0, 0.1) is 0 Å². The standard InChI is InChI=1S/C24H21ClN4OS/c25-17-10-8-16(9-11-17)22-18-6-2-3-7-20(18)31-21-13-12-19(26-23(21)27-22)24(30)28-29-14-4-1-5-15-29/h2-3,6-13H,1,4-5,14-15H2,(H,28,30). The molecule has 2 aliphatic heterocycles. The maximum atomic E-state index is 12.8. The minimum Gasteiger partial charge on any atom is -0.283 e. The number of carbonyl (C=O) groups is 1. The fraction of sp³-hybridized carbons (Fsp3) is 0.208. The number of fused-ring (bicyclic) bond motifs is 2. The Bertz CT molecular complexity index is 1160. The molecule has 7 heteroatoms. The van der Waals surface area contributed by atoms with E-state index in [1.54, 1.807) is 17.8 Å². The molecule has 5 rings (SSSR count). The zero-order valence-electron chi connectivity index (χ0n) is 16.8. The van der Waals surface area contributed by atoms with Crippen molar-refractivity contribution in [2.75, 3.05) is 13.1 Å². The molecule has 1 N–H and O–H groups in total. The van der Waals surface area contributed by atoms with Gasteiger partial charge in [0.15, 0.2) is 5.82 Å². The highest BCUT2D eigenvalue weighted by molar-refractivity contribution is 7.99. The van der Waals surface area contributed by atoms with Gasteiger partial charge in [0.25, 0.3) is 5.91 Å². The predicted molar refractivity (Wildman–Crippen MR) is 124 cm³/mol. The van der Waals surface area contributed by atoms with Gasteiger partial charge in [-0.25, -0.2) is 15.0 Å². The molecule has 2 aliphatic rings. The number of benzene rings is 2. The van der Waals surface area contributed by atoms with Crippen LogP contribution in [0.3, 0.4) is 0 Å². The molecule has 0 aliphatic carbocycles. The van der Waals surface area contributed by atoms with Crippen LogP contribution < -0.4 is 5.43 Å². The summed E-state index contributed by atoms with van der Waals surface area (Å²) in [5, 5.41) is 2.66.